The van der Waals surface area contributed by atoms with Crippen LogP contribution in [0.1, 0.15) is 11.3 Å². The van der Waals surface area contributed by atoms with Gasteiger partial charge in [0.15, 0.2) is 5.13 Å². The summed E-state index contributed by atoms with van der Waals surface area (Å²) in [6.45, 7) is 2.75. The van der Waals surface area contributed by atoms with Crippen LogP contribution in [0.5, 0.6) is 0 Å². The van der Waals surface area contributed by atoms with Gasteiger partial charge in [-0.25, -0.2) is 15.0 Å². The van der Waals surface area contributed by atoms with Crippen LogP contribution in [0.3, 0.4) is 0 Å². The number of nitrogens with one attached hydrogen (secondary N) is 1. The van der Waals surface area contributed by atoms with Crippen molar-refractivity contribution in [1.82, 2.24) is 19.4 Å². The van der Waals surface area contributed by atoms with Crippen LogP contribution in [0.15, 0.2) is 54.2 Å². The average molecular weight is 358 g/mol. The Morgan fingerprint density at radius 2 is 1.96 bits per heavy atom. The zero-order valence-corrected chi connectivity index (χ0v) is 14.6. The topological polar surface area (TPSA) is 55.1 Å². The molecule has 1 N–H and O–H groups in total. The number of rotatable bonds is 4. The van der Waals surface area contributed by atoms with E-state index in [2.05, 4.69) is 32.8 Å². The van der Waals surface area contributed by atoms with Crippen LogP contribution in [-0.2, 0) is 6.54 Å². The Balaban J connectivity index is 0.00000169. The van der Waals surface area contributed by atoms with Crippen molar-refractivity contribution in [1.29, 1.82) is 0 Å². The predicted molar refractivity (Wildman–Crippen MR) is 99.8 cm³/mol. The first-order valence-corrected chi connectivity index (χ1v) is 8.22. The number of benzene rings is 1. The fraction of sp³-hybridized carbons (Fsp3) is 0.118. The molecule has 0 saturated heterocycles. The molecular formula is C17H16ClN5S. The van der Waals surface area contributed by atoms with E-state index in [1.54, 1.807) is 17.5 Å². The SMILES string of the molecule is Cc1nc2ncccn2c1-c1csc(NCc2ccccc2)n1.Cl. The number of hydrogen-bond acceptors (Lipinski definition) is 5. The summed E-state index contributed by atoms with van der Waals surface area (Å²) in [6.07, 6.45) is 3.72. The van der Waals surface area contributed by atoms with Gasteiger partial charge in [-0.1, -0.05) is 30.3 Å². The molecule has 4 aromatic rings. The van der Waals surface area contributed by atoms with Crippen molar-refractivity contribution in [3.05, 3.63) is 65.4 Å². The molecule has 0 saturated carbocycles. The number of aryl methyl sites for hydroxylation is 1. The van der Waals surface area contributed by atoms with Crippen LogP contribution in [0.25, 0.3) is 17.2 Å². The van der Waals surface area contributed by atoms with Gasteiger partial charge in [-0.15, -0.1) is 23.7 Å². The summed E-state index contributed by atoms with van der Waals surface area (Å²) >= 11 is 1.60. The van der Waals surface area contributed by atoms with Crippen LogP contribution in [0.2, 0.25) is 0 Å². The monoisotopic (exact) mass is 357 g/mol. The zero-order chi connectivity index (χ0) is 15.6. The molecule has 4 rings (SSSR count). The van der Waals surface area contributed by atoms with E-state index in [0.717, 1.165) is 28.8 Å². The van der Waals surface area contributed by atoms with Crippen LogP contribution in [-0.4, -0.2) is 19.4 Å². The molecule has 0 amide bonds. The van der Waals surface area contributed by atoms with E-state index in [0.29, 0.717) is 5.78 Å². The van der Waals surface area contributed by atoms with E-state index in [9.17, 15) is 0 Å². The molecule has 122 valence electrons. The summed E-state index contributed by atoms with van der Waals surface area (Å²) in [5.74, 6) is 0.701. The van der Waals surface area contributed by atoms with Gasteiger partial charge in [0.1, 0.15) is 5.69 Å². The summed E-state index contributed by atoms with van der Waals surface area (Å²) in [5, 5.41) is 6.33. The lowest BCUT2D eigenvalue weighted by Gasteiger charge is -2.02. The molecule has 3 heterocycles. The van der Waals surface area contributed by atoms with Crippen LogP contribution >= 0.6 is 23.7 Å². The maximum absolute atomic E-state index is 4.70. The molecule has 5 nitrogen and oxygen atoms in total. The third-order valence-corrected chi connectivity index (χ3v) is 4.41. The molecule has 0 aliphatic rings. The van der Waals surface area contributed by atoms with Crippen molar-refractivity contribution in [3.63, 3.8) is 0 Å². The molecular weight excluding hydrogens is 342 g/mol. The standard InChI is InChI=1S/C17H15N5S.ClH/c1-12-15(22-9-5-8-18-16(22)20-12)14-11-23-17(21-14)19-10-13-6-3-2-4-7-13;/h2-9,11H,10H2,1H3,(H,19,21);1H. The molecule has 0 bridgehead atoms. The first-order chi connectivity index (χ1) is 11.3. The summed E-state index contributed by atoms with van der Waals surface area (Å²) in [4.78, 5) is 13.5. The lowest BCUT2D eigenvalue weighted by molar-refractivity contribution is 1.10. The van der Waals surface area contributed by atoms with Gasteiger partial charge in [0.2, 0.25) is 5.78 Å². The van der Waals surface area contributed by atoms with E-state index >= 15 is 0 Å². The Labute approximate surface area is 149 Å². The quantitative estimate of drug-likeness (QED) is 0.595. The minimum absolute atomic E-state index is 0. The Morgan fingerprint density at radius 1 is 1.12 bits per heavy atom. The second-order valence-corrected chi connectivity index (χ2v) is 6.07. The lowest BCUT2D eigenvalue weighted by Crippen LogP contribution is -1.98. The first-order valence-electron chi connectivity index (χ1n) is 7.34. The Kier molecular flexibility index (Phi) is 4.78. The maximum atomic E-state index is 4.70. The highest BCUT2D eigenvalue weighted by molar-refractivity contribution is 7.14. The number of nitrogens with zero attached hydrogens (tertiary/aromatic N) is 4. The molecule has 24 heavy (non-hydrogen) atoms. The molecule has 3 aromatic heterocycles. The normalized spacial score (nSPS) is 10.5. The van der Waals surface area contributed by atoms with Gasteiger partial charge in [0, 0.05) is 24.3 Å². The Bertz CT molecular complexity index is 948. The number of fused-ring (bicyclic) bond motifs is 1. The molecule has 0 spiro atoms. The molecule has 0 aliphatic heterocycles. The smallest absolute Gasteiger partial charge is 0.234 e. The maximum Gasteiger partial charge on any atom is 0.234 e. The van der Waals surface area contributed by atoms with Crippen LogP contribution in [0.4, 0.5) is 5.13 Å². The predicted octanol–water partition coefficient (Wildman–Crippen LogP) is 4.20. The number of halogens is 1. The van der Waals surface area contributed by atoms with E-state index in [1.165, 1.54) is 5.56 Å². The first kappa shape index (κ1) is 16.4. The molecule has 7 heteroatoms. The van der Waals surface area contributed by atoms with Gasteiger partial charge in [-0.2, -0.15) is 0 Å². The van der Waals surface area contributed by atoms with E-state index in [1.807, 2.05) is 41.8 Å². The lowest BCUT2D eigenvalue weighted by atomic mass is 10.2. The molecule has 0 aliphatic carbocycles. The third kappa shape index (κ3) is 3.11. The fourth-order valence-corrected chi connectivity index (χ4v) is 3.24. The number of hydrogen-bond donors (Lipinski definition) is 1. The molecule has 1 aromatic carbocycles. The highest BCUT2D eigenvalue weighted by atomic mass is 35.5. The molecule has 0 unspecified atom stereocenters. The highest BCUT2D eigenvalue weighted by Crippen LogP contribution is 2.28. The summed E-state index contributed by atoms with van der Waals surface area (Å²) < 4.78 is 1.98. The summed E-state index contributed by atoms with van der Waals surface area (Å²) in [6, 6.07) is 12.2. The van der Waals surface area contributed by atoms with Crippen molar-refractivity contribution in [2.45, 2.75) is 13.5 Å². The van der Waals surface area contributed by atoms with Crippen molar-refractivity contribution in [3.8, 4) is 11.4 Å². The minimum atomic E-state index is 0. The van der Waals surface area contributed by atoms with Gasteiger partial charge in [-0.05, 0) is 18.6 Å². The van der Waals surface area contributed by atoms with Gasteiger partial charge >= 0.3 is 0 Å². The average Bonchev–Trinajstić information content (AvgIpc) is 3.17. The van der Waals surface area contributed by atoms with Crippen LogP contribution in [0, 0.1) is 6.92 Å². The van der Waals surface area contributed by atoms with E-state index < -0.39 is 0 Å². The highest BCUT2D eigenvalue weighted by Gasteiger charge is 2.14. The Hall–Kier alpha value is -2.44. The number of aromatic nitrogens is 4. The largest absolute Gasteiger partial charge is 0.357 e. The van der Waals surface area contributed by atoms with Gasteiger partial charge in [0.05, 0.1) is 11.4 Å². The summed E-state index contributed by atoms with van der Waals surface area (Å²) in [5.41, 5.74) is 4.09. The second-order valence-electron chi connectivity index (χ2n) is 5.21. The van der Waals surface area contributed by atoms with Crippen molar-refractivity contribution >= 4 is 34.7 Å². The molecule has 0 radical (unpaired) electrons. The number of thiazole rings is 1. The van der Waals surface area contributed by atoms with Gasteiger partial charge in [0.25, 0.3) is 0 Å². The summed E-state index contributed by atoms with van der Waals surface area (Å²) in [7, 11) is 0. The van der Waals surface area contributed by atoms with Crippen molar-refractivity contribution in [2.24, 2.45) is 0 Å². The minimum Gasteiger partial charge on any atom is -0.357 e. The van der Waals surface area contributed by atoms with Gasteiger partial charge in [-0.3, -0.25) is 4.40 Å². The van der Waals surface area contributed by atoms with Gasteiger partial charge < -0.3 is 5.32 Å². The van der Waals surface area contributed by atoms with E-state index in [-0.39, 0.29) is 12.4 Å². The molecule has 0 atom stereocenters. The van der Waals surface area contributed by atoms with Crippen LogP contribution < -0.4 is 5.32 Å². The van der Waals surface area contributed by atoms with Crippen molar-refractivity contribution in [2.75, 3.05) is 5.32 Å². The second kappa shape index (κ2) is 6.98. The number of anilines is 1. The Morgan fingerprint density at radius 3 is 2.79 bits per heavy atom. The third-order valence-electron chi connectivity index (χ3n) is 3.61. The number of imidazole rings is 1. The van der Waals surface area contributed by atoms with E-state index in [4.69, 9.17) is 4.98 Å². The zero-order valence-electron chi connectivity index (χ0n) is 13.0. The molecule has 0 fully saturated rings. The van der Waals surface area contributed by atoms with Crippen molar-refractivity contribution < 1.29 is 0 Å². The fourth-order valence-electron chi connectivity index (χ4n) is 2.54.